The van der Waals surface area contributed by atoms with Crippen molar-refractivity contribution in [3.63, 3.8) is 0 Å². The summed E-state index contributed by atoms with van der Waals surface area (Å²) in [6.45, 7) is 1.86. The predicted octanol–water partition coefficient (Wildman–Crippen LogP) is 4.81. The van der Waals surface area contributed by atoms with Gasteiger partial charge in [0.15, 0.2) is 17.3 Å². The van der Waals surface area contributed by atoms with E-state index in [-0.39, 0.29) is 17.3 Å². The number of rotatable bonds is 14. The topological polar surface area (TPSA) is 69.7 Å². The number of ketones is 3. The van der Waals surface area contributed by atoms with Crippen LogP contribution >= 0.6 is 0 Å². The first-order chi connectivity index (χ1) is 14.6. The zero-order valence-corrected chi connectivity index (χ0v) is 17.1. The van der Waals surface area contributed by atoms with Crippen molar-refractivity contribution in [2.45, 2.75) is 6.92 Å². The molecule has 5 nitrogen and oxygen atoms in total. The predicted molar refractivity (Wildman–Crippen MR) is 120 cm³/mol. The average molecular weight is 406 g/mol. The second-order valence-electron chi connectivity index (χ2n) is 5.24. The van der Waals surface area contributed by atoms with Crippen LogP contribution in [0.1, 0.15) is 6.92 Å². The quantitative estimate of drug-likeness (QED) is 0.235. The van der Waals surface area contributed by atoms with Gasteiger partial charge in [-0.3, -0.25) is 14.4 Å². The van der Waals surface area contributed by atoms with Crippen LogP contribution in [0.25, 0.3) is 0 Å². The van der Waals surface area contributed by atoms with Gasteiger partial charge in [0.05, 0.1) is 25.9 Å². The second-order valence-corrected chi connectivity index (χ2v) is 5.24. The van der Waals surface area contributed by atoms with E-state index in [9.17, 15) is 14.4 Å². The van der Waals surface area contributed by atoms with E-state index in [0.29, 0.717) is 0 Å². The van der Waals surface area contributed by atoms with Gasteiger partial charge in [-0.15, -0.1) is 0 Å². The van der Waals surface area contributed by atoms with Gasteiger partial charge in [-0.1, -0.05) is 48.6 Å². The number of hydrogen-bond donors (Lipinski definition) is 0. The first kappa shape index (κ1) is 26.0. The molecule has 0 heterocycles. The lowest BCUT2D eigenvalue weighted by Crippen LogP contribution is -1.85. The number of ether oxygens (including phenoxy) is 2. The van der Waals surface area contributed by atoms with Crippen LogP contribution in [0, 0.1) is 0 Å². The molecule has 30 heavy (non-hydrogen) atoms. The first-order valence-electron chi connectivity index (χ1n) is 9.04. The molecule has 0 aromatic rings. The van der Waals surface area contributed by atoms with E-state index in [0.717, 1.165) is 0 Å². The molecule has 0 saturated carbocycles. The van der Waals surface area contributed by atoms with Gasteiger partial charge in [0.1, 0.15) is 0 Å². The standard InChI is InChI=1S/C25H26O5/c1-3-4-5-14-23(26)15-6-7-16-24(27)18-9-12-21-30-22-13-10-19-25(28)17-8-11-20-29-2/h3-22H,1-2H3/b4-3+,14-5+,15-6+,16-7+,17-8+,18-9+,19-10+,20-11+,21-12+,22-13+. The van der Waals surface area contributed by atoms with Crippen LogP contribution in [0.3, 0.4) is 0 Å². The summed E-state index contributed by atoms with van der Waals surface area (Å²) in [6.07, 6.45) is 30.0. The van der Waals surface area contributed by atoms with E-state index in [1.807, 2.05) is 13.0 Å². The Hall–Kier alpha value is -3.99. The Kier molecular flexibility index (Phi) is 17.1. The van der Waals surface area contributed by atoms with Crippen molar-refractivity contribution in [2.24, 2.45) is 0 Å². The lowest BCUT2D eigenvalue weighted by molar-refractivity contribution is -0.111. The number of methoxy groups -OCH3 is 1. The molecule has 0 radical (unpaired) electrons. The molecule has 0 amide bonds. The minimum absolute atomic E-state index is 0.163. The van der Waals surface area contributed by atoms with Crippen LogP contribution in [0.5, 0.6) is 0 Å². The molecule has 0 unspecified atom stereocenters. The summed E-state index contributed by atoms with van der Waals surface area (Å²) in [6, 6.07) is 0. The molecule has 0 aromatic carbocycles. The van der Waals surface area contributed by atoms with Gasteiger partial charge < -0.3 is 9.47 Å². The molecule has 5 heteroatoms. The van der Waals surface area contributed by atoms with Crippen LogP contribution in [0.2, 0.25) is 0 Å². The first-order valence-corrected chi connectivity index (χ1v) is 9.04. The molecule has 0 saturated heterocycles. The van der Waals surface area contributed by atoms with Crippen molar-refractivity contribution in [2.75, 3.05) is 7.11 Å². The Balaban J connectivity index is 4.15. The molecule has 0 aliphatic rings. The summed E-state index contributed by atoms with van der Waals surface area (Å²) in [4.78, 5) is 34.4. The van der Waals surface area contributed by atoms with E-state index >= 15 is 0 Å². The number of carbonyl (C=O) groups excluding carboxylic acids is 3. The monoisotopic (exact) mass is 406 g/mol. The van der Waals surface area contributed by atoms with Crippen molar-refractivity contribution in [1.29, 1.82) is 0 Å². The van der Waals surface area contributed by atoms with E-state index in [4.69, 9.17) is 9.47 Å². The molecule has 0 fully saturated rings. The highest BCUT2D eigenvalue weighted by Gasteiger charge is 1.87. The zero-order valence-electron chi connectivity index (χ0n) is 17.1. The maximum atomic E-state index is 11.6. The molecule has 0 aromatic heterocycles. The molecule has 0 N–H and O–H groups in total. The van der Waals surface area contributed by atoms with Crippen molar-refractivity contribution >= 4 is 17.3 Å². The highest BCUT2D eigenvalue weighted by molar-refractivity contribution is 6.01. The van der Waals surface area contributed by atoms with Crippen molar-refractivity contribution < 1.29 is 23.9 Å². The highest BCUT2D eigenvalue weighted by atomic mass is 16.5. The molecule has 0 atom stereocenters. The van der Waals surface area contributed by atoms with Gasteiger partial charge in [0.2, 0.25) is 0 Å². The third kappa shape index (κ3) is 18.8. The van der Waals surface area contributed by atoms with Crippen molar-refractivity contribution in [1.82, 2.24) is 0 Å². The maximum Gasteiger partial charge on any atom is 0.178 e. The Bertz CT molecular complexity index is 826. The average Bonchev–Trinajstić information content (AvgIpc) is 2.73. The molecule has 0 rings (SSSR count). The van der Waals surface area contributed by atoms with Crippen LogP contribution < -0.4 is 0 Å². The minimum atomic E-state index is -0.230. The fourth-order valence-corrected chi connectivity index (χ4v) is 1.53. The second kappa shape index (κ2) is 19.8. The van der Waals surface area contributed by atoms with Gasteiger partial charge in [0.25, 0.3) is 0 Å². The SMILES string of the molecule is C/C=C/C=C/C(=O)/C=C/C=C/C(=O)/C=C/C=C/O/C=C/C=C/C(=O)/C=C/C=C/OC. The van der Waals surface area contributed by atoms with Crippen LogP contribution in [-0.4, -0.2) is 24.5 Å². The summed E-state index contributed by atoms with van der Waals surface area (Å²) in [7, 11) is 1.52. The molecular weight excluding hydrogens is 380 g/mol. The Morgan fingerprint density at radius 3 is 1.20 bits per heavy atom. The van der Waals surface area contributed by atoms with E-state index in [1.54, 1.807) is 42.5 Å². The summed E-state index contributed by atoms with van der Waals surface area (Å²) in [5.41, 5.74) is 0. The Morgan fingerprint density at radius 2 is 0.833 bits per heavy atom. The maximum absolute atomic E-state index is 11.6. The summed E-state index contributed by atoms with van der Waals surface area (Å²) >= 11 is 0. The van der Waals surface area contributed by atoms with Gasteiger partial charge in [0, 0.05) is 0 Å². The molecule has 0 spiro atoms. The van der Waals surface area contributed by atoms with E-state index in [1.165, 1.54) is 80.6 Å². The number of allylic oxidation sites excluding steroid dienone is 17. The molecule has 0 bridgehead atoms. The smallest absolute Gasteiger partial charge is 0.178 e. The van der Waals surface area contributed by atoms with Crippen molar-refractivity contribution in [3.8, 4) is 0 Å². The molecular formula is C25H26O5. The van der Waals surface area contributed by atoms with Crippen LogP contribution in [-0.2, 0) is 23.9 Å². The lowest BCUT2D eigenvalue weighted by atomic mass is 10.2. The minimum Gasteiger partial charge on any atom is -0.504 e. The fraction of sp³-hybridized carbons (Fsp3) is 0.0800. The molecule has 156 valence electrons. The fourth-order valence-electron chi connectivity index (χ4n) is 1.53. The summed E-state index contributed by atoms with van der Waals surface area (Å²) in [5, 5.41) is 0. The van der Waals surface area contributed by atoms with Gasteiger partial charge in [-0.2, -0.15) is 0 Å². The van der Waals surface area contributed by atoms with Gasteiger partial charge >= 0.3 is 0 Å². The molecule has 0 aliphatic carbocycles. The molecule has 0 aliphatic heterocycles. The third-order valence-electron chi connectivity index (χ3n) is 2.84. The summed E-state index contributed by atoms with van der Waals surface area (Å²) < 4.78 is 9.76. The van der Waals surface area contributed by atoms with Gasteiger partial charge in [-0.25, -0.2) is 0 Å². The largest absolute Gasteiger partial charge is 0.504 e. The Morgan fingerprint density at radius 1 is 0.500 bits per heavy atom. The third-order valence-corrected chi connectivity index (χ3v) is 2.84. The normalized spacial score (nSPS) is 13.4. The number of carbonyl (C=O) groups is 3. The zero-order chi connectivity index (χ0) is 22.3. The Labute approximate surface area is 177 Å². The highest BCUT2D eigenvalue weighted by Crippen LogP contribution is 1.89. The van der Waals surface area contributed by atoms with Crippen LogP contribution in [0.15, 0.2) is 122 Å². The van der Waals surface area contributed by atoms with E-state index < -0.39 is 0 Å². The van der Waals surface area contributed by atoms with E-state index in [2.05, 4.69) is 0 Å². The number of hydrogen-bond acceptors (Lipinski definition) is 5. The van der Waals surface area contributed by atoms with Crippen LogP contribution in [0.4, 0.5) is 0 Å². The lowest BCUT2D eigenvalue weighted by Gasteiger charge is -1.86. The van der Waals surface area contributed by atoms with Gasteiger partial charge in [-0.05, 0) is 61.6 Å². The summed E-state index contributed by atoms with van der Waals surface area (Å²) in [5.74, 6) is -0.565. The van der Waals surface area contributed by atoms with Crippen molar-refractivity contribution in [3.05, 3.63) is 122 Å².